The van der Waals surface area contributed by atoms with Gasteiger partial charge in [0.05, 0.1) is 19.8 Å². The van der Waals surface area contributed by atoms with Gasteiger partial charge in [-0.25, -0.2) is 9.97 Å². The first-order valence-corrected chi connectivity index (χ1v) is 7.67. The molecule has 2 aliphatic heterocycles. The predicted octanol–water partition coefficient (Wildman–Crippen LogP) is 0.515. The second-order valence-corrected chi connectivity index (χ2v) is 5.70. The molecule has 1 aromatic rings. The molecule has 21 heavy (non-hydrogen) atoms. The highest BCUT2D eigenvalue weighted by Gasteiger charge is 2.25. The third kappa shape index (κ3) is 3.77. The number of piperidine rings is 1. The normalized spacial score (nSPS) is 24.0. The number of amides is 1. The molecule has 1 atom stereocenters. The van der Waals surface area contributed by atoms with Gasteiger partial charge in [-0.3, -0.25) is 9.69 Å². The Kier molecular flexibility index (Phi) is 4.77. The zero-order valence-corrected chi connectivity index (χ0v) is 12.3. The summed E-state index contributed by atoms with van der Waals surface area (Å²) in [7, 11) is 0. The van der Waals surface area contributed by atoms with Crippen LogP contribution >= 0.6 is 0 Å². The van der Waals surface area contributed by atoms with Crippen molar-refractivity contribution < 1.29 is 9.53 Å². The Morgan fingerprint density at radius 1 is 1.33 bits per heavy atom. The summed E-state index contributed by atoms with van der Waals surface area (Å²) >= 11 is 0. The van der Waals surface area contributed by atoms with Crippen LogP contribution in [0.25, 0.3) is 0 Å². The highest BCUT2D eigenvalue weighted by molar-refractivity contribution is 5.78. The van der Waals surface area contributed by atoms with Crippen molar-refractivity contribution in [1.82, 2.24) is 19.8 Å². The van der Waals surface area contributed by atoms with E-state index < -0.39 is 0 Å². The number of morpholine rings is 1. The van der Waals surface area contributed by atoms with Crippen LogP contribution in [0.5, 0.6) is 0 Å². The van der Waals surface area contributed by atoms with Crippen LogP contribution in [-0.4, -0.2) is 71.6 Å². The summed E-state index contributed by atoms with van der Waals surface area (Å²) in [4.78, 5) is 24.8. The van der Waals surface area contributed by atoms with E-state index in [1.807, 2.05) is 11.0 Å². The summed E-state index contributed by atoms with van der Waals surface area (Å²) in [6, 6.07) is 1.98. The molecule has 0 unspecified atom stereocenters. The highest BCUT2D eigenvalue weighted by atomic mass is 16.5. The van der Waals surface area contributed by atoms with Crippen molar-refractivity contribution in [2.75, 3.05) is 45.9 Å². The van der Waals surface area contributed by atoms with E-state index in [0.29, 0.717) is 25.7 Å². The van der Waals surface area contributed by atoms with Gasteiger partial charge in [0.1, 0.15) is 6.33 Å². The molecule has 2 saturated heterocycles. The molecule has 0 spiro atoms. The second-order valence-electron chi connectivity index (χ2n) is 5.70. The lowest BCUT2D eigenvalue weighted by Crippen LogP contribution is -2.47. The van der Waals surface area contributed by atoms with Crippen LogP contribution in [0.15, 0.2) is 18.6 Å². The van der Waals surface area contributed by atoms with E-state index in [9.17, 15) is 4.79 Å². The Bertz CT molecular complexity index is 462. The quantitative estimate of drug-likeness (QED) is 0.812. The molecule has 2 fully saturated rings. The minimum absolute atomic E-state index is 0.224. The van der Waals surface area contributed by atoms with Gasteiger partial charge in [0.15, 0.2) is 0 Å². The molecule has 3 heterocycles. The van der Waals surface area contributed by atoms with Crippen LogP contribution in [0.1, 0.15) is 24.5 Å². The van der Waals surface area contributed by atoms with Gasteiger partial charge in [0, 0.05) is 37.4 Å². The van der Waals surface area contributed by atoms with Crippen molar-refractivity contribution in [3.8, 4) is 0 Å². The minimum atomic E-state index is 0.224. The Labute approximate surface area is 125 Å². The molecular weight excluding hydrogens is 268 g/mol. The molecule has 1 aromatic heterocycles. The monoisotopic (exact) mass is 290 g/mol. The zero-order valence-electron chi connectivity index (χ0n) is 12.3. The Morgan fingerprint density at radius 3 is 2.95 bits per heavy atom. The Balaban J connectivity index is 1.55. The molecule has 3 rings (SSSR count). The van der Waals surface area contributed by atoms with Crippen LogP contribution in [-0.2, 0) is 9.53 Å². The molecule has 0 radical (unpaired) electrons. The molecule has 0 saturated carbocycles. The number of hydrogen-bond acceptors (Lipinski definition) is 5. The Hall–Kier alpha value is -1.53. The SMILES string of the molecule is O=C(CN1CCC[C@@H](c2ccncn2)C1)N1CCOCC1. The third-order valence-electron chi connectivity index (χ3n) is 4.25. The van der Waals surface area contributed by atoms with Gasteiger partial charge in [-0.1, -0.05) is 0 Å². The average molecular weight is 290 g/mol. The summed E-state index contributed by atoms with van der Waals surface area (Å²) in [5, 5.41) is 0. The van der Waals surface area contributed by atoms with Crippen LogP contribution < -0.4 is 0 Å². The smallest absolute Gasteiger partial charge is 0.236 e. The van der Waals surface area contributed by atoms with Crippen molar-refractivity contribution >= 4 is 5.91 Å². The van der Waals surface area contributed by atoms with E-state index in [4.69, 9.17) is 4.74 Å². The first kappa shape index (κ1) is 14.4. The number of carbonyl (C=O) groups excluding carboxylic acids is 1. The van der Waals surface area contributed by atoms with Crippen molar-refractivity contribution in [1.29, 1.82) is 0 Å². The van der Waals surface area contributed by atoms with Gasteiger partial charge in [-0.2, -0.15) is 0 Å². The van der Waals surface area contributed by atoms with E-state index in [1.54, 1.807) is 12.5 Å². The fourth-order valence-corrected chi connectivity index (χ4v) is 3.09. The molecule has 1 amide bonds. The van der Waals surface area contributed by atoms with E-state index >= 15 is 0 Å². The number of rotatable bonds is 3. The molecule has 114 valence electrons. The number of nitrogens with zero attached hydrogens (tertiary/aromatic N) is 4. The number of carbonyl (C=O) groups is 1. The topological polar surface area (TPSA) is 58.6 Å². The van der Waals surface area contributed by atoms with Crippen molar-refractivity contribution in [3.63, 3.8) is 0 Å². The lowest BCUT2D eigenvalue weighted by molar-refractivity contribution is -0.136. The lowest BCUT2D eigenvalue weighted by atomic mass is 9.94. The average Bonchev–Trinajstić information content (AvgIpc) is 2.57. The second kappa shape index (κ2) is 6.95. The summed E-state index contributed by atoms with van der Waals surface area (Å²) in [6.45, 7) is 5.20. The van der Waals surface area contributed by atoms with Gasteiger partial charge in [0.25, 0.3) is 0 Å². The standard InChI is InChI=1S/C15H22N4O2/c20-15(19-6-8-21-9-7-19)11-18-5-1-2-13(10-18)14-3-4-16-12-17-14/h3-4,12-13H,1-2,5-11H2/t13-/m1/s1. The van der Waals surface area contributed by atoms with Crippen molar-refractivity contribution in [2.45, 2.75) is 18.8 Å². The first-order valence-electron chi connectivity index (χ1n) is 7.67. The summed E-state index contributed by atoms with van der Waals surface area (Å²) in [5.41, 5.74) is 1.09. The van der Waals surface area contributed by atoms with Crippen LogP contribution in [0, 0.1) is 0 Å². The number of aromatic nitrogens is 2. The van der Waals surface area contributed by atoms with Crippen LogP contribution in [0.4, 0.5) is 0 Å². The van der Waals surface area contributed by atoms with Crippen LogP contribution in [0.3, 0.4) is 0 Å². The van der Waals surface area contributed by atoms with Gasteiger partial charge >= 0.3 is 0 Å². The molecule has 6 heteroatoms. The number of likely N-dealkylation sites (tertiary alicyclic amines) is 1. The van der Waals surface area contributed by atoms with E-state index in [0.717, 1.165) is 44.7 Å². The number of ether oxygens (including phenoxy) is 1. The minimum Gasteiger partial charge on any atom is -0.378 e. The van der Waals surface area contributed by atoms with E-state index in [-0.39, 0.29) is 5.91 Å². The molecule has 0 N–H and O–H groups in total. The maximum absolute atomic E-state index is 12.3. The molecule has 0 aliphatic carbocycles. The van der Waals surface area contributed by atoms with E-state index in [2.05, 4.69) is 14.9 Å². The Morgan fingerprint density at radius 2 is 2.19 bits per heavy atom. The maximum Gasteiger partial charge on any atom is 0.236 e. The summed E-state index contributed by atoms with van der Waals surface area (Å²) in [6.07, 6.45) is 5.65. The van der Waals surface area contributed by atoms with Crippen LogP contribution in [0.2, 0.25) is 0 Å². The van der Waals surface area contributed by atoms with Crippen molar-refractivity contribution in [2.24, 2.45) is 0 Å². The van der Waals surface area contributed by atoms with Gasteiger partial charge in [0.2, 0.25) is 5.91 Å². The summed E-state index contributed by atoms with van der Waals surface area (Å²) in [5.74, 6) is 0.640. The van der Waals surface area contributed by atoms with E-state index in [1.165, 1.54) is 0 Å². The zero-order chi connectivity index (χ0) is 14.5. The number of hydrogen-bond donors (Lipinski definition) is 0. The molecule has 6 nitrogen and oxygen atoms in total. The van der Waals surface area contributed by atoms with Crippen molar-refractivity contribution in [3.05, 3.63) is 24.3 Å². The molecular formula is C15H22N4O2. The third-order valence-corrected chi connectivity index (χ3v) is 4.25. The fraction of sp³-hybridized carbons (Fsp3) is 0.667. The summed E-state index contributed by atoms with van der Waals surface area (Å²) < 4.78 is 5.29. The fourth-order valence-electron chi connectivity index (χ4n) is 3.09. The molecule has 2 aliphatic rings. The van der Waals surface area contributed by atoms with Gasteiger partial charge < -0.3 is 9.64 Å². The largest absolute Gasteiger partial charge is 0.378 e. The molecule has 0 aromatic carbocycles. The lowest BCUT2D eigenvalue weighted by Gasteiger charge is -2.34. The molecule has 0 bridgehead atoms. The van der Waals surface area contributed by atoms with Gasteiger partial charge in [-0.05, 0) is 25.5 Å². The maximum atomic E-state index is 12.3. The first-order chi connectivity index (χ1) is 10.3. The predicted molar refractivity (Wildman–Crippen MR) is 77.8 cm³/mol. The highest BCUT2D eigenvalue weighted by Crippen LogP contribution is 2.24. The van der Waals surface area contributed by atoms with Gasteiger partial charge in [-0.15, -0.1) is 0 Å².